The molecule has 7 heteroatoms. The normalized spacial score (nSPS) is 17.2. The Morgan fingerprint density at radius 1 is 1.09 bits per heavy atom. The summed E-state index contributed by atoms with van der Waals surface area (Å²) in [5.74, 6) is -2.10. The second kappa shape index (κ2) is 9.48. The number of Topliss-reactive ketones (excluding diaryl/α,β-unsaturated/α-hetero) is 1. The molecule has 0 aliphatic carbocycles. The lowest BCUT2D eigenvalue weighted by atomic mass is 9.94. The fourth-order valence-corrected chi connectivity index (χ4v) is 3.77. The number of rotatable bonds is 7. The number of halogens is 1. The van der Waals surface area contributed by atoms with Gasteiger partial charge in [0.15, 0.2) is 0 Å². The first kappa shape index (κ1) is 22.0. The molecule has 1 aliphatic heterocycles. The molecule has 1 atom stereocenters. The van der Waals surface area contributed by atoms with Gasteiger partial charge in [-0.25, -0.2) is 4.39 Å². The van der Waals surface area contributed by atoms with Gasteiger partial charge in [0.05, 0.1) is 11.6 Å². The van der Waals surface area contributed by atoms with E-state index in [-0.39, 0.29) is 23.4 Å². The molecule has 0 bridgehead atoms. The summed E-state index contributed by atoms with van der Waals surface area (Å²) in [7, 11) is 0. The molecule has 0 radical (unpaired) electrons. The van der Waals surface area contributed by atoms with Gasteiger partial charge in [0.25, 0.3) is 11.7 Å². The molecule has 1 aliphatic rings. The third-order valence-electron chi connectivity index (χ3n) is 5.34. The lowest BCUT2D eigenvalue weighted by Gasteiger charge is -2.25. The fourth-order valence-electron chi connectivity index (χ4n) is 3.77. The van der Waals surface area contributed by atoms with E-state index in [1.54, 1.807) is 60.9 Å². The fraction of sp³-hybridized carbons (Fsp3) is 0.115. The lowest BCUT2D eigenvalue weighted by molar-refractivity contribution is -0.140. The van der Waals surface area contributed by atoms with E-state index in [2.05, 4.69) is 11.6 Å². The quantitative estimate of drug-likeness (QED) is 0.253. The minimum absolute atomic E-state index is 0.0528. The van der Waals surface area contributed by atoms with Gasteiger partial charge < -0.3 is 14.7 Å². The Morgan fingerprint density at radius 3 is 2.45 bits per heavy atom. The van der Waals surface area contributed by atoms with Crippen molar-refractivity contribution < 1.29 is 23.8 Å². The number of hydrogen-bond acceptors (Lipinski definition) is 5. The van der Waals surface area contributed by atoms with Crippen molar-refractivity contribution in [3.63, 3.8) is 0 Å². The predicted molar refractivity (Wildman–Crippen MR) is 121 cm³/mol. The van der Waals surface area contributed by atoms with E-state index in [1.807, 2.05) is 0 Å². The molecule has 3 aromatic rings. The Kier molecular flexibility index (Phi) is 6.31. The topological polar surface area (TPSA) is 79.7 Å². The number of carbonyl (C=O) groups excluding carboxylic acids is 2. The van der Waals surface area contributed by atoms with Crippen LogP contribution in [0.2, 0.25) is 0 Å². The van der Waals surface area contributed by atoms with Crippen LogP contribution in [0, 0.1) is 5.82 Å². The zero-order valence-electron chi connectivity index (χ0n) is 17.6. The number of pyridine rings is 1. The Labute approximate surface area is 190 Å². The molecule has 0 saturated carbocycles. The van der Waals surface area contributed by atoms with Crippen LogP contribution >= 0.6 is 0 Å². The minimum atomic E-state index is -1.09. The maximum absolute atomic E-state index is 14.8. The molecule has 166 valence electrons. The van der Waals surface area contributed by atoms with Crippen LogP contribution in [0.1, 0.15) is 22.7 Å². The highest BCUT2D eigenvalue weighted by Gasteiger charge is 2.46. The van der Waals surface area contributed by atoms with E-state index >= 15 is 0 Å². The molecule has 1 N–H and O–H groups in total. The molecule has 1 fully saturated rings. The first-order chi connectivity index (χ1) is 16.0. The number of hydrogen-bond donors (Lipinski definition) is 1. The van der Waals surface area contributed by atoms with Gasteiger partial charge >= 0.3 is 0 Å². The summed E-state index contributed by atoms with van der Waals surface area (Å²) in [5.41, 5.74) is 0.985. The largest absolute Gasteiger partial charge is 0.507 e. The van der Waals surface area contributed by atoms with Crippen LogP contribution in [0.4, 0.5) is 4.39 Å². The van der Waals surface area contributed by atoms with Crippen LogP contribution in [0.5, 0.6) is 5.75 Å². The standard InChI is InChI=1S/C26H21FN2O4/c1-2-15-33-19-9-7-18(8-10-19)24(30)22-23(20-5-3-4-6-21(20)27)29(26(32)25(22)31)16-17-11-13-28-14-12-17/h2-14,23,30H,1,15-16H2/t23-/m0/s1. The van der Waals surface area contributed by atoms with Gasteiger partial charge in [0.2, 0.25) is 0 Å². The number of nitrogens with zero attached hydrogens (tertiary/aromatic N) is 2. The number of aliphatic hydroxyl groups is 1. The van der Waals surface area contributed by atoms with Crippen molar-refractivity contribution in [2.24, 2.45) is 0 Å². The van der Waals surface area contributed by atoms with Gasteiger partial charge in [-0.3, -0.25) is 14.6 Å². The Hall–Kier alpha value is -4.26. The van der Waals surface area contributed by atoms with Crippen LogP contribution in [0.25, 0.3) is 5.76 Å². The molecule has 0 spiro atoms. The van der Waals surface area contributed by atoms with Crippen molar-refractivity contribution in [1.82, 2.24) is 9.88 Å². The summed E-state index contributed by atoms with van der Waals surface area (Å²) in [5, 5.41) is 11.1. The van der Waals surface area contributed by atoms with E-state index in [9.17, 15) is 19.1 Å². The molecule has 2 heterocycles. The van der Waals surface area contributed by atoms with Gasteiger partial charge in [-0.2, -0.15) is 0 Å². The molecule has 1 saturated heterocycles. The number of carbonyl (C=O) groups is 2. The molecule has 33 heavy (non-hydrogen) atoms. The maximum Gasteiger partial charge on any atom is 0.295 e. The summed E-state index contributed by atoms with van der Waals surface area (Å²) in [6, 6.07) is 14.6. The molecule has 4 rings (SSSR count). The molecule has 6 nitrogen and oxygen atoms in total. The number of ketones is 1. The minimum Gasteiger partial charge on any atom is -0.507 e. The molecule has 2 aromatic carbocycles. The second-order valence-corrected chi connectivity index (χ2v) is 7.43. The number of aliphatic hydroxyl groups excluding tert-OH is 1. The molecule has 1 amide bonds. The SMILES string of the molecule is C=CCOc1ccc(C(O)=C2C(=O)C(=O)N(Cc3ccncc3)[C@H]2c2ccccc2F)cc1. The van der Waals surface area contributed by atoms with Crippen LogP contribution in [-0.2, 0) is 16.1 Å². The zero-order valence-corrected chi connectivity index (χ0v) is 17.6. The van der Waals surface area contributed by atoms with Crippen molar-refractivity contribution in [2.75, 3.05) is 6.61 Å². The lowest BCUT2D eigenvalue weighted by Crippen LogP contribution is -2.29. The number of likely N-dealkylation sites (tertiary alicyclic amines) is 1. The second-order valence-electron chi connectivity index (χ2n) is 7.43. The Morgan fingerprint density at radius 2 is 1.79 bits per heavy atom. The van der Waals surface area contributed by atoms with E-state index in [0.29, 0.717) is 17.9 Å². The summed E-state index contributed by atoms with van der Waals surface area (Å²) in [4.78, 5) is 31.3. The zero-order chi connectivity index (χ0) is 23.4. The average Bonchev–Trinajstić information content (AvgIpc) is 3.08. The van der Waals surface area contributed by atoms with Crippen molar-refractivity contribution in [1.29, 1.82) is 0 Å². The molecular weight excluding hydrogens is 423 g/mol. The van der Waals surface area contributed by atoms with Crippen molar-refractivity contribution >= 4 is 17.4 Å². The van der Waals surface area contributed by atoms with Crippen LogP contribution in [0.15, 0.2) is 91.3 Å². The molecule has 1 aromatic heterocycles. The van der Waals surface area contributed by atoms with E-state index in [4.69, 9.17) is 4.74 Å². The third kappa shape index (κ3) is 4.39. The van der Waals surface area contributed by atoms with Crippen molar-refractivity contribution in [2.45, 2.75) is 12.6 Å². The van der Waals surface area contributed by atoms with Crippen molar-refractivity contribution in [3.8, 4) is 5.75 Å². The summed E-state index contributed by atoms with van der Waals surface area (Å²) in [6.07, 6.45) is 4.74. The molecular formula is C26H21FN2O4. The van der Waals surface area contributed by atoms with E-state index in [0.717, 1.165) is 5.56 Å². The smallest absolute Gasteiger partial charge is 0.295 e. The number of amides is 1. The maximum atomic E-state index is 14.8. The van der Waals surface area contributed by atoms with Crippen LogP contribution in [0.3, 0.4) is 0 Å². The monoisotopic (exact) mass is 444 g/mol. The number of ether oxygens (including phenoxy) is 1. The molecule has 0 unspecified atom stereocenters. The van der Waals surface area contributed by atoms with Gasteiger partial charge in [0.1, 0.15) is 23.9 Å². The highest BCUT2D eigenvalue weighted by Crippen LogP contribution is 2.41. The first-order valence-corrected chi connectivity index (χ1v) is 10.3. The highest BCUT2D eigenvalue weighted by molar-refractivity contribution is 6.46. The number of benzene rings is 2. The number of aromatic nitrogens is 1. The Balaban J connectivity index is 1.81. The average molecular weight is 444 g/mol. The van der Waals surface area contributed by atoms with Gasteiger partial charge in [0, 0.05) is 30.1 Å². The van der Waals surface area contributed by atoms with Gasteiger partial charge in [-0.15, -0.1) is 0 Å². The van der Waals surface area contributed by atoms with Crippen LogP contribution in [-0.4, -0.2) is 33.3 Å². The predicted octanol–water partition coefficient (Wildman–Crippen LogP) is 4.41. The third-order valence-corrected chi connectivity index (χ3v) is 5.34. The summed E-state index contributed by atoms with van der Waals surface area (Å²) < 4.78 is 20.3. The van der Waals surface area contributed by atoms with Gasteiger partial charge in [-0.1, -0.05) is 30.9 Å². The summed E-state index contributed by atoms with van der Waals surface area (Å²) >= 11 is 0. The van der Waals surface area contributed by atoms with Crippen LogP contribution < -0.4 is 4.74 Å². The Bertz CT molecular complexity index is 1220. The van der Waals surface area contributed by atoms with E-state index < -0.39 is 23.5 Å². The van der Waals surface area contributed by atoms with Crippen molar-refractivity contribution in [3.05, 3.63) is 114 Å². The first-order valence-electron chi connectivity index (χ1n) is 10.3. The van der Waals surface area contributed by atoms with E-state index in [1.165, 1.54) is 23.1 Å². The highest BCUT2D eigenvalue weighted by atomic mass is 19.1. The van der Waals surface area contributed by atoms with Gasteiger partial charge in [-0.05, 0) is 48.0 Å². The summed E-state index contributed by atoms with van der Waals surface area (Å²) in [6.45, 7) is 3.96.